The van der Waals surface area contributed by atoms with Crippen molar-refractivity contribution in [2.24, 2.45) is 5.73 Å². The van der Waals surface area contributed by atoms with E-state index in [-0.39, 0.29) is 6.61 Å². The average molecular weight is 507 g/mol. The topological polar surface area (TPSA) is 124 Å². The van der Waals surface area contributed by atoms with Crippen molar-refractivity contribution < 1.29 is 14.3 Å². The molecule has 4 rings (SSSR count). The first-order chi connectivity index (χ1) is 17.3. The van der Waals surface area contributed by atoms with Crippen LogP contribution in [-0.4, -0.2) is 39.1 Å². The quantitative estimate of drug-likeness (QED) is 0.294. The molecule has 10 heteroatoms. The fourth-order valence-corrected chi connectivity index (χ4v) is 4.64. The molecule has 9 nitrogen and oxygen atoms in total. The molecule has 1 unspecified atom stereocenters. The maximum atomic E-state index is 12.4. The van der Waals surface area contributed by atoms with E-state index < -0.39 is 18.0 Å². The van der Waals surface area contributed by atoms with Crippen LogP contribution in [0.15, 0.2) is 71.0 Å². The molecule has 188 valence electrons. The third-order valence-electron chi connectivity index (χ3n) is 5.83. The standard InChI is InChI=1S/C26H30N6O3S/c1-16(2)19-9-11-20(12-10-19)22-21(23(27)33)17(3)29-24-30-25(31-32(22)24)36-14-13-28-26(34)35-15-18-7-5-4-6-8-18/h4-12,16,22H,13-15H2,1-3H3,(H2,27,33)(H,28,34)(H,29,30,31). The van der Waals surface area contributed by atoms with E-state index in [1.54, 1.807) is 4.68 Å². The van der Waals surface area contributed by atoms with Gasteiger partial charge in [0.25, 0.3) is 0 Å². The first-order valence-electron chi connectivity index (χ1n) is 11.7. The molecule has 0 saturated heterocycles. The molecule has 1 aliphatic rings. The molecular weight excluding hydrogens is 476 g/mol. The summed E-state index contributed by atoms with van der Waals surface area (Å²) >= 11 is 1.40. The number of carbonyl (C=O) groups excluding carboxylic acids is 2. The second-order valence-corrected chi connectivity index (χ2v) is 9.81. The van der Waals surface area contributed by atoms with Crippen LogP contribution in [0.3, 0.4) is 0 Å². The highest BCUT2D eigenvalue weighted by molar-refractivity contribution is 7.99. The molecule has 0 radical (unpaired) electrons. The highest BCUT2D eigenvalue weighted by atomic mass is 32.2. The molecule has 0 aliphatic carbocycles. The number of thioether (sulfide) groups is 1. The molecule has 2 aromatic carbocycles. The number of ether oxygens (including phenoxy) is 1. The zero-order valence-electron chi connectivity index (χ0n) is 20.5. The van der Waals surface area contributed by atoms with Gasteiger partial charge in [0.1, 0.15) is 12.6 Å². The summed E-state index contributed by atoms with van der Waals surface area (Å²) in [5.41, 5.74) is 9.90. The lowest BCUT2D eigenvalue weighted by Crippen LogP contribution is -2.31. The Kier molecular flexibility index (Phi) is 7.94. The van der Waals surface area contributed by atoms with Crippen LogP contribution in [-0.2, 0) is 16.1 Å². The van der Waals surface area contributed by atoms with Gasteiger partial charge in [-0.2, -0.15) is 4.98 Å². The maximum Gasteiger partial charge on any atom is 0.407 e. The van der Waals surface area contributed by atoms with E-state index in [0.717, 1.165) is 11.1 Å². The van der Waals surface area contributed by atoms with E-state index in [2.05, 4.69) is 46.7 Å². The summed E-state index contributed by atoms with van der Waals surface area (Å²) in [4.78, 5) is 28.9. The van der Waals surface area contributed by atoms with Crippen LogP contribution in [0.5, 0.6) is 0 Å². The summed E-state index contributed by atoms with van der Waals surface area (Å²) in [6, 6.07) is 17.2. The second-order valence-electron chi connectivity index (χ2n) is 8.75. The third kappa shape index (κ3) is 5.88. The van der Waals surface area contributed by atoms with Gasteiger partial charge in [-0.3, -0.25) is 4.79 Å². The highest BCUT2D eigenvalue weighted by Gasteiger charge is 2.33. The fraction of sp³-hybridized carbons (Fsp3) is 0.308. The van der Waals surface area contributed by atoms with E-state index >= 15 is 0 Å². The number of alkyl carbamates (subject to hydrolysis) is 1. The molecule has 0 saturated carbocycles. The van der Waals surface area contributed by atoms with Crippen molar-refractivity contribution in [3.63, 3.8) is 0 Å². The minimum atomic E-state index is -0.508. The number of allylic oxidation sites excluding steroid dienone is 1. The van der Waals surface area contributed by atoms with Crippen LogP contribution >= 0.6 is 11.8 Å². The summed E-state index contributed by atoms with van der Waals surface area (Å²) in [5.74, 6) is 0.973. The fourth-order valence-electron chi connectivity index (χ4n) is 3.95. The Morgan fingerprint density at radius 1 is 1.17 bits per heavy atom. The Balaban J connectivity index is 1.40. The van der Waals surface area contributed by atoms with Gasteiger partial charge in [0.15, 0.2) is 0 Å². The van der Waals surface area contributed by atoms with Gasteiger partial charge >= 0.3 is 6.09 Å². The number of nitrogens with zero attached hydrogens (tertiary/aromatic N) is 3. The van der Waals surface area contributed by atoms with Crippen molar-refractivity contribution in [2.45, 2.75) is 44.5 Å². The zero-order valence-corrected chi connectivity index (χ0v) is 21.3. The molecule has 1 atom stereocenters. The predicted octanol–water partition coefficient (Wildman–Crippen LogP) is 4.19. The van der Waals surface area contributed by atoms with E-state index in [9.17, 15) is 9.59 Å². The van der Waals surface area contributed by atoms with Crippen molar-refractivity contribution in [1.29, 1.82) is 0 Å². The van der Waals surface area contributed by atoms with Crippen LogP contribution in [0.2, 0.25) is 0 Å². The molecule has 3 aromatic rings. The number of primary amides is 1. The number of carbonyl (C=O) groups is 2. The highest BCUT2D eigenvalue weighted by Crippen LogP contribution is 2.36. The summed E-state index contributed by atoms with van der Waals surface area (Å²) in [6.07, 6.45) is -0.478. The van der Waals surface area contributed by atoms with Crippen LogP contribution < -0.4 is 16.4 Å². The van der Waals surface area contributed by atoms with Gasteiger partial charge in [0.05, 0.1) is 5.57 Å². The Bertz CT molecular complexity index is 1250. The van der Waals surface area contributed by atoms with Crippen LogP contribution in [0.25, 0.3) is 0 Å². The Morgan fingerprint density at radius 2 is 1.89 bits per heavy atom. The van der Waals surface area contributed by atoms with E-state index in [1.165, 1.54) is 17.3 Å². The zero-order chi connectivity index (χ0) is 25.7. The lowest BCUT2D eigenvalue weighted by Gasteiger charge is -2.27. The number of nitrogens with one attached hydrogen (secondary N) is 2. The van der Waals surface area contributed by atoms with Gasteiger partial charge in [0.2, 0.25) is 17.0 Å². The molecular formula is C26H30N6O3S. The molecule has 0 bridgehead atoms. The minimum Gasteiger partial charge on any atom is -0.445 e. The lowest BCUT2D eigenvalue weighted by atomic mass is 9.93. The van der Waals surface area contributed by atoms with E-state index in [1.807, 2.05) is 49.4 Å². The summed E-state index contributed by atoms with van der Waals surface area (Å²) in [6.45, 7) is 6.69. The van der Waals surface area contributed by atoms with Crippen LogP contribution in [0, 0.1) is 0 Å². The smallest absolute Gasteiger partial charge is 0.407 e. The number of amides is 2. The molecule has 1 aromatic heterocycles. The van der Waals surface area contributed by atoms with Crippen molar-refractivity contribution in [3.8, 4) is 0 Å². The van der Waals surface area contributed by atoms with Crippen molar-refractivity contribution in [2.75, 3.05) is 17.6 Å². The maximum absolute atomic E-state index is 12.4. The predicted molar refractivity (Wildman–Crippen MR) is 140 cm³/mol. The number of benzene rings is 2. The number of aromatic nitrogens is 3. The normalized spacial score (nSPS) is 14.8. The van der Waals surface area contributed by atoms with Gasteiger partial charge in [-0.25, -0.2) is 9.48 Å². The molecule has 36 heavy (non-hydrogen) atoms. The number of nitrogens with two attached hydrogens (primary N) is 1. The van der Waals surface area contributed by atoms with E-state index in [0.29, 0.717) is 40.6 Å². The number of fused-ring (bicyclic) bond motifs is 1. The van der Waals surface area contributed by atoms with Gasteiger partial charge in [-0.1, -0.05) is 80.2 Å². The first kappa shape index (κ1) is 25.3. The number of hydrogen-bond donors (Lipinski definition) is 3. The third-order valence-corrected chi connectivity index (χ3v) is 6.67. The molecule has 2 heterocycles. The van der Waals surface area contributed by atoms with Gasteiger partial charge < -0.3 is 21.1 Å². The average Bonchev–Trinajstić information content (AvgIpc) is 3.27. The Morgan fingerprint density at radius 3 is 2.56 bits per heavy atom. The molecule has 4 N–H and O–H groups in total. The largest absolute Gasteiger partial charge is 0.445 e. The van der Waals surface area contributed by atoms with E-state index in [4.69, 9.17) is 10.5 Å². The summed E-state index contributed by atoms with van der Waals surface area (Å²) in [7, 11) is 0. The van der Waals surface area contributed by atoms with Crippen LogP contribution in [0.1, 0.15) is 49.4 Å². The van der Waals surface area contributed by atoms with Crippen molar-refractivity contribution in [3.05, 3.63) is 82.6 Å². The summed E-state index contributed by atoms with van der Waals surface area (Å²) in [5, 5.41) is 11.1. The number of anilines is 1. The monoisotopic (exact) mass is 506 g/mol. The second kappa shape index (κ2) is 11.3. The van der Waals surface area contributed by atoms with Gasteiger partial charge in [-0.05, 0) is 29.5 Å². The Labute approximate surface area is 214 Å². The van der Waals surface area contributed by atoms with Gasteiger partial charge in [0, 0.05) is 18.0 Å². The molecule has 0 spiro atoms. The molecule has 0 fully saturated rings. The van der Waals surface area contributed by atoms with Crippen molar-refractivity contribution >= 4 is 29.7 Å². The van der Waals surface area contributed by atoms with Crippen molar-refractivity contribution in [1.82, 2.24) is 20.1 Å². The van der Waals surface area contributed by atoms with Crippen LogP contribution in [0.4, 0.5) is 10.7 Å². The first-order valence-corrected chi connectivity index (χ1v) is 12.7. The Hall–Kier alpha value is -3.79. The molecule has 2 amide bonds. The summed E-state index contributed by atoms with van der Waals surface area (Å²) < 4.78 is 6.92. The van der Waals surface area contributed by atoms with Gasteiger partial charge in [-0.15, -0.1) is 5.10 Å². The minimum absolute atomic E-state index is 0.217. The number of rotatable bonds is 9. The lowest BCUT2D eigenvalue weighted by molar-refractivity contribution is -0.115. The number of hydrogen-bond acceptors (Lipinski definition) is 7. The SMILES string of the molecule is CC1=C(C(N)=O)C(c2ccc(C(C)C)cc2)n2nc(SCCNC(=O)OCc3ccccc3)nc2N1. The molecule has 1 aliphatic heterocycles.